The highest BCUT2D eigenvalue weighted by Crippen LogP contribution is 2.18. The first-order chi connectivity index (χ1) is 7.05. The minimum Gasteiger partial charge on any atom is -0.391 e. The van der Waals surface area contributed by atoms with Crippen molar-refractivity contribution in [3.05, 3.63) is 0 Å². The molecule has 0 amide bonds. The minimum atomic E-state index is -3.27. The largest absolute Gasteiger partial charge is 0.391 e. The van der Waals surface area contributed by atoms with E-state index in [4.69, 9.17) is 5.73 Å². The molecule has 1 aliphatic carbocycles. The van der Waals surface area contributed by atoms with Gasteiger partial charge in [-0.1, -0.05) is 12.8 Å². The summed E-state index contributed by atoms with van der Waals surface area (Å²) >= 11 is 0. The summed E-state index contributed by atoms with van der Waals surface area (Å²) in [6, 6.07) is -0.304. The molecular formula is C9H20N2O3S. The van der Waals surface area contributed by atoms with Crippen LogP contribution in [-0.2, 0) is 10.0 Å². The van der Waals surface area contributed by atoms with Gasteiger partial charge in [-0.05, 0) is 25.8 Å². The van der Waals surface area contributed by atoms with E-state index in [1.165, 1.54) is 0 Å². The molecule has 0 bridgehead atoms. The molecule has 5 nitrogen and oxygen atoms in total. The third kappa shape index (κ3) is 4.46. The molecule has 0 heterocycles. The van der Waals surface area contributed by atoms with Crippen LogP contribution in [0.5, 0.6) is 0 Å². The van der Waals surface area contributed by atoms with E-state index in [0.29, 0.717) is 19.4 Å². The Kier molecular flexibility index (Phi) is 4.98. The van der Waals surface area contributed by atoms with Gasteiger partial charge < -0.3 is 10.8 Å². The van der Waals surface area contributed by atoms with Crippen LogP contribution in [0.3, 0.4) is 0 Å². The fraction of sp³-hybridized carbons (Fsp3) is 1.00. The van der Waals surface area contributed by atoms with Crippen LogP contribution in [0.1, 0.15) is 32.1 Å². The Morgan fingerprint density at radius 2 is 2.00 bits per heavy atom. The van der Waals surface area contributed by atoms with E-state index < -0.39 is 16.1 Å². The van der Waals surface area contributed by atoms with E-state index >= 15 is 0 Å². The zero-order valence-electron chi connectivity index (χ0n) is 8.85. The lowest BCUT2D eigenvalue weighted by Gasteiger charge is -2.28. The summed E-state index contributed by atoms with van der Waals surface area (Å²) in [5.74, 6) is 0.0483. The van der Waals surface area contributed by atoms with Gasteiger partial charge in [0.05, 0.1) is 11.9 Å². The van der Waals surface area contributed by atoms with Crippen LogP contribution in [0.25, 0.3) is 0 Å². The topological polar surface area (TPSA) is 92.4 Å². The van der Waals surface area contributed by atoms with Gasteiger partial charge in [0.15, 0.2) is 0 Å². The Hall–Kier alpha value is -0.170. The van der Waals surface area contributed by atoms with Gasteiger partial charge in [0.1, 0.15) is 0 Å². The average molecular weight is 236 g/mol. The van der Waals surface area contributed by atoms with Crippen molar-refractivity contribution in [2.24, 2.45) is 5.73 Å². The fourth-order valence-corrected chi connectivity index (χ4v) is 3.21. The summed E-state index contributed by atoms with van der Waals surface area (Å²) < 4.78 is 25.6. The zero-order chi connectivity index (χ0) is 11.3. The lowest BCUT2D eigenvalue weighted by atomic mass is 9.93. The Balaban J connectivity index is 2.44. The molecule has 2 atom stereocenters. The predicted octanol–water partition coefficient (Wildman–Crippen LogP) is -0.442. The first kappa shape index (κ1) is 12.9. The van der Waals surface area contributed by atoms with Gasteiger partial charge in [-0.2, -0.15) is 0 Å². The number of nitrogens with one attached hydrogen (secondary N) is 1. The van der Waals surface area contributed by atoms with Crippen molar-refractivity contribution in [1.82, 2.24) is 4.72 Å². The predicted molar refractivity (Wildman–Crippen MR) is 58.9 cm³/mol. The SMILES string of the molecule is NCCCS(=O)(=O)NC1CCCCC1O. The van der Waals surface area contributed by atoms with Crippen LogP contribution in [0.15, 0.2) is 0 Å². The third-order valence-electron chi connectivity index (χ3n) is 2.68. The number of nitrogens with two attached hydrogens (primary N) is 1. The van der Waals surface area contributed by atoms with Gasteiger partial charge in [0.2, 0.25) is 10.0 Å². The molecule has 0 aromatic rings. The molecule has 1 aliphatic rings. The molecule has 0 radical (unpaired) electrons. The molecule has 0 aromatic heterocycles. The highest BCUT2D eigenvalue weighted by atomic mass is 32.2. The molecule has 4 N–H and O–H groups in total. The number of rotatable bonds is 5. The Morgan fingerprint density at radius 1 is 1.33 bits per heavy atom. The van der Waals surface area contributed by atoms with E-state index in [9.17, 15) is 13.5 Å². The molecule has 0 saturated heterocycles. The van der Waals surface area contributed by atoms with Gasteiger partial charge in [0.25, 0.3) is 0 Å². The molecule has 1 rings (SSSR count). The summed E-state index contributed by atoms with van der Waals surface area (Å²) in [4.78, 5) is 0. The quantitative estimate of drug-likeness (QED) is 0.603. The smallest absolute Gasteiger partial charge is 0.211 e. The van der Waals surface area contributed by atoms with Crippen molar-refractivity contribution in [2.45, 2.75) is 44.2 Å². The molecule has 2 unspecified atom stereocenters. The first-order valence-corrected chi connectivity index (χ1v) is 7.08. The van der Waals surface area contributed by atoms with Gasteiger partial charge in [-0.25, -0.2) is 13.1 Å². The van der Waals surface area contributed by atoms with Crippen LogP contribution >= 0.6 is 0 Å². The Morgan fingerprint density at radius 3 is 2.60 bits per heavy atom. The standard InChI is InChI=1S/C9H20N2O3S/c10-6-3-7-15(13,14)11-8-4-1-2-5-9(8)12/h8-9,11-12H,1-7,10H2. The van der Waals surface area contributed by atoms with Gasteiger partial charge in [-0.3, -0.25) is 0 Å². The van der Waals surface area contributed by atoms with Gasteiger partial charge >= 0.3 is 0 Å². The Bertz CT molecular complexity index is 279. The van der Waals surface area contributed by atoms with Gasteiger partial charge in [0, 0.05) is 6.04 Å². The van der Waals surface area contributed by atoms with E-state index in [1.54, 1.807) is 0 Å². The zero-order valence-corrected chi connectivity index (χ0v) is 9.67. The number of hydrogen-bond acceptors (Lipinski definition) is 4. The maximum atomic E-state index is 11.5. The monoisotopic (exact) mass is 236 g/mol. The highest BCUT2D eigenvalue weighted by molar-refractivity contribution is 7.89. The molecule has 6 heteroatoms. The molecule has 1 saturated carbocycles. The van der Waals surface area contributed by atoms with E-state index in [0.717, 1.165) is 19.3 Å². The molecular weight excluding hydrogens is 216 g/mol. The molecule has 0 aromatic carbocycles. The second kappa shape index (κ2) is 5.79. The van der Waals surface area contributed by atoms with E-state index in [-0.39, 0.29) is 11.8 Å². The average Bonchev–Trinajstić information content (AvgIpc) is 2.18. The second-order valence-electron chi connectivity index (χ2n) is 4.04. The summed E-state index contributed by atoms with van der Waals surface area (Å²) in [6.45, 7) is 0.369. The molecule has 90 valence electrons. The summed E-state index contributed by atoms with van der Waals surface area (Å²) in [7, 11) is -3.27. The van der Waals surface area contributed by atoms with Crippen LogP contribution < -0.4 is 10.5 Å². The van der Waals surface area contributed by atoms with Crippen molar-refractivity contribution >= 4 is 10.0 Å². The third-order valence-corrected chi connectivity index (χ3v) is 4.17. The van der Waals surface area contributed by atoms with Crippen molar-refractivity contribution in [2.75, 3.05) is 12.3 Å². The Labute approximate surface area is 91.1 Å². The number of aliphatic hydroxyl groups excluding tert-OH is 1. The summed E-state index contributed by atoms with van der Waals surface area (Å²) in [5, 5.41) is 9.61. The van der Waals surface area contributed by atoms with Crippen LogP contribution in [-0.4, -0.2) is 38.0 Å². The first-order valence-electron chi connectivity index (χ1n) is 5.43. The lowest BCUT2D eigenvalue weighted by Crippen LogP contribution is -2.45. The molecule has 0 spiro atoms. The normalized spacial score (nSPS) is 27.9. The molecule has 1 fully saturated rings. The van der Waals surface area contributed by atoms with Gasteiger partial charge in [-0.15, -0.1) is 0 Å². The lowest BCUT2D eigenvalue weighted by molar-refractivity contribution is 0.101. The van der Waals surface area contributed by atoms with Crippen molar-refractivity contribution in [3.8, 4) is 0 Å². The fourth-order valence-electron chi connectivity index (χ4n) is 1.81. The maximum absolute atomic E-state index is 11.5. The van der Waals surface area contributed by atoms with Crippen LogP contribution in [0, 0.1) is 0 Å². The van der Waals surface area contributed by atoms with E-state index in [1.807, 2.05) is 0 Å². The van der Waals surface area contributed by atoms with Crippen molar-refractivity contribution in [3.63, 3.8) is 0 Å². The van der Waals surface area contributed by atoms with Crippen molar-refractivity contribution < 1.29 is 13.5 Å². The van der Waals surface area contributed by atoms with E-state index in [2.05, 4.69) is 4.72 Å². The molecule has 15 heavy (non-hydrogen) atoms. The van der Waals surface area contributed by atoms with Crippen LogP contribution in [0.2, 0.25) is 0 Å². The number of hydrogen-bond donors (Lipinski definition) is 3. The second-order valence-corrected chi connectivity index (χ2v) is 5.91. The highest BCUT2D eigenvalue weighted by Gasteiger charge is 2.26. The van der Waals surface area contributed by atoms with Crippen molar-refractivity contribution in [1.29, 1.82) is 0 Å². The molecule has 0 aliphatic heterocycles. The summed E-state index contributed by atoms with van der Waals surface area (Å²) in [6.07, 6.45) is 3.28. The van der Waals surface area contributed by atoms with Crippen LogP contribution in [0.4, 0.5) is 0 Å². The maximum Gasteiger partial charge on any atom is 0.211 e. The minimum absolute atomic E-state index is 0.0483. The number of aliphatic hydroxyl groups is 1. The summed E-state index contributed by atoms with van der Waals surface area (Å²) in [5.41, 5.74) is 5.25. The number of sulfonamides is 1.